The molecule has 0 saturated heterocycles. The van der Waals surface area contributed by atoms with Gasteiger partial charge in [-0.2, -0.15) is 0 Å². The van der Waals surface area contributed by atoms with Crippen LogP contribution in [0.4, 0.5) is 0 Å². The van der Waals surface area contributed by atoms with E-state index in [1.807, 2.05) is 0 Å². The zero-order valence-electron chi connectivity index (χ0n) is 14.4. The SMILES string of the molecule is COCOc1c(C(C)(C)C)cc(CC=O)cc1C(C)(C)C. The minimum Gasteiger partial charge on any atom is -0.467 e. The fourth-order valence-corrected chi connectivity index (χ4v) is 2.29. The van der Waals surface area contributed by atoms with E-state index in [9.17, 15) is 4.79 Å². The highest BCUT2D eigenvalue weighted by Gasteiger charge is 2.27. The van der Waals surface area contributed by atoms with Gasteiger partial charge in [-0.25, -0.2) is 0 Å². The van der Waals surface area contributed by atoms with E-state index >= 15 is 0 Å². The van der Waals surface area contributed by atoms with Gasteiger partial charge in [-0.15, -0.1) is 0 Å². The summed E-state index contributed by atoms with van der Waals surface area (Å²) in [5.41, 5.74) is 3.13. The lowest BCUT2D eigenvalue weighted by Crippen LogP contribution is -2.21. The van der Waals surface area contributed by atoms with Crippen LogP contribution in [0, 0.1) is 0 Å². The average Bonchev–Trinajstić information content (AvgIpc) is 2.34. The molecule has 1 aromatic rings. The van der Waals surface area contributed by atoms with Gasteiger partial charge in [0, 0.05) is 24.7 Å². The molecule has 0 saturated carbocycles. The standard InChI is InChI=1S/C18H28O3/c1-17(2,3)14-10-13(8-9-19)11-15(18(4,5)6)16(14)21-12-20-7/h9-11H,8,12H2,1-7H3. The molecule has 1 rings (SSSR count). The van der Waals surface area contributed by atoms with E-state index in [4.69, 9.17) is 9.47 Å². The Morgan fingerprint density at radius 3 is 1.81 bits per heavy atom. The number of carbonyl (C=O) groups is 1. The lowest BCUT2D eigenvalue weighted by molar-refractivity contribution is -0.107. The predicted octanol–water partition coefficient (Wildman–Crippen LogP) is 4.01. The van der Waals surface area contributed by atoms with Crippen LogP contribution < -0.4 is 4.74 Å². The van der Waals surface area contributed by atoms with Crippen LogP contribution in [0.5, 0.6) is 5.75 Å². The molecule has 0 radical (unpaired) electrons. The number of ether oxygens (including phenoxy) is 2. The quantitative estimate of drug-likeness (QED) is 0.607. The van der Waals surface area contributed by atoms with Gasteiger partial charge < -0.3 is 14.3 Å². The Morgan fingerprint density at radius 2 is 1.48 bits per heavy atom. The number of benzene rings is 1. The fourth-order valence-electron chi connectivity index (χ4n) is 2.29. The summed E-state index contributed by atoms with van der Waals surface area (Å²) < 4.78 is 11.0. The van der Waals surface area contributed by atoms with Gasteiger partial charge in [0.15, 0.2) is 6.79 Å². The van der Waals surface area contributed by atoms with Crippen molar-refractivity contribution in [2.75, 3.05) is 13.9 Å². The first kappa shape index (κ1) is 17.7. The van der Waals surface area contributed by atoms with Crippen molar-refractivity contribution in [1.82, 2.24) is 0 Å². The number of methoxy groups -OCH3 is 1. The molecule has 0 aliphatic heterocycles. The van der Waals surface area contributed by atoms with Gasteiger partial charge in [0.05, 0.1) is 0 Å². The Labute approximate surface area is 128 Å². The fraction of sp³-hybridized carbons (Fsp3) is 0.611. The monoisotopic (exact) mass is 292 g/mol. The van der Waals surface area contributed by atoms with Gasteiger partial charge in [0.25, 0.3) is 0 Å². The summed E-state index contributed by atoms with van der Waals surface area (Å²) in [5, 5.41) is 0. The summed E-state index contributed by atoms with van der Waals surface area (Å²) in [6, 6.07) is 4.16. The Morgan fingerprint density at radius 1 is 1.00 bits per heavy atom. The van der Waals surface area contributed by atoms with Gasteiger partial charge in [0.1, 0.15) is 12.0 Å². The summed E-state index contributed by atoms with van der Waals surface area (Å²) in [6.07, 6.45) is 1.38. The Hall–Kier alpha value is -1.35. The van der Waals surface area contributed by atoms with Crippen molar-refractivity contribution in [3.05, 3.63) is 28.8 Å². The van der Waals surface area contributed by atoms with Gasteiger partial charge in [-0.05, 0) is 16.4 Å². The van der Waals surface area contributed by atoms with E-state index < -0.39 is 0 Å². The van der Waals surface area contributed by atoms with Gasteiger partial charge >= 0.3 is 0 Å². The van der Waals surface area contributed by atoms with E-state index in [2.05, 4.69) is 53.7 Å². The molecule has 0 unspecified atom stereocenters. The molecule has 1 aromatic carbocycles. The highest BCUT2D eigenvalue weighted by atomic mass is 16.7. The average molecular weight is 292 g/mol. The second-order valence-corrected chi connectivity index (χ2v) is 7.44. The minimum atomic E-state index is -0.0675. The van der Waals surface area contributed by atoms with Crippen molar-refractivity contribution in [3.8, 4) is 5.75 Å². The van der Waals surface area contributed by atoms with Gasteiger partial charge in [0.2, 0.25) is 0 Å². The zero-order chi connectivity index (χ0) is 16.3. The molecule has 0 aliphatic carbocycles. The van der Waals surface area contributed by atoms with E-state index in [1.165, 1.54) is 0 Å². The van der Waals surface area contributed by atoms with Crippen LogP contribution in [0.2, 0.25) is 0 Å². The van der Waals surface area contributed by atoms with Crippen LogP contribution in [-0.4, -0.2) is 20.2 Å². The van der Waals surface area contributed by atoms with E-state index in [0.29, 0.717) is 6.42 Å². The molecular formula is C18H28O3. The first-order valence-corrected chi connectivity index (χ1v) is 7.34. The molecule has 21 heavy (non-hydrogen) atoms. The lowest BCUT2D eigenvalue weighted by Gasteiger charge is -2.30. The Kier molecular flexibility index (Phi) is 5.57. The summed E-state index contributed by atoms with van der Waals surface area (Å²) >= 11 is 0. The maximum absolute atomic E-state index is 10.9. The summed E-state index contributed by atoms with van der Waals surface area (Å²) in [4.78, 5) is 10.9. The number of carbonyl (C=O) groups excluding carboxylic acids is 1. The smallest absolute Gasteiger partial charge is 0.188 e. The first-order valence-electron chi connectivity index (χ1n) is 7.34. The van der Waals surface area contributed by atoms with E-state index in [-0.39, 0.29) is 17.6 Å². The van der Waals surface area contributed by atoms with Crippen LogP contribution in [0.25, 0.3) is 0 Å². The highest BCUT2D eigenvalue weighted by molar-refractivity contribution is 5.59. The van der Waals surface area contributed by atoms with Crippen molar-refractivity contribution in [2.24, 2.45) is 0 Å². The zero-order valence-corrected chi connectivity index (χ0v) is 14.4. The molecule has 0 aromatic heterocycles. The minimum absolute atomic E-state index is 0.0675. The Bertz CT molecular complexity index is 455. The van der Waals surface area contributed by atoms with Crippen molar-refractivity contribution in [2.45, 2.75) is 58.8 Å². The molecule has 0 aliphatic rings. The molecular weight excluding hydrogens is 264 g/mol. The molecule has 0 amide bonds. The summed E-state index contributed by atoms with van der Waals surface area (Å²) in [5.74, 6) is 0.881. The van der Waals surface area contributed by atoms with Crippen LogP contribution in [0.15, 0.2) is 12.1 Å². The third kappa shape index (κ3) is 4.57. The molecule has 0 N–H and O–H groups in total. The summed E-state index contributed by atoms with van der Waals surface area (Å²) in [7, 11) is 1.62. The molecule has 0 heterocycles. The topological polar surface area (TPSA) is 35.5 Å². The molecule has 3 heteroatoms. The van der Waals surface area contributed by atoms with Crippen molar-refractivity contribution in [3.63, 3.8) is 0 Å². The number of rotatable bonds is 5. The van der Waals surface area contributed by atoms with Gasteiger partial charge in [-0.1, -0.05) is 53.7 Å². The maximum Gasteiger partial charge on any atom is 0.188 e. The third-order valence-electron chi connectivity index (χ3n) is 3.40. The van der Waals surface area contributed by atoms with Crippen molar-refractivity contribution < 1.29 is 14.3 Å². The van der Waals surface area contributed by atoms with Crippen LogP contribution in [0.1, 0.15) is 58.2 Å². The largest absolute Gasteiger partial charge is 0.467 e. The number of hydrogen-bond acceptors (Lipinski definition) is 3. The molecule has 3 nitrogen and oxygen atoms in total. The number of hydrogen-bond donors (Lipinski definition) is 0. The van der Waals surface area contributed by atoms with E-state index in [0.717, 1.165) is 28.7 Å². The second kappa shape index (κ2) is 6.61. The number of aldehydes is 1. The molecule has 0 atom stereocenters. The van der Waals surface area contributed by atoms with Crippen LogP contribution >= 0.6 is 0 Å². The van der Waals surface area contributed by atoms with Crippen molar-refractivity contribution >= 4 is 6.29 Å². The van der Waals surface area contributed by atoms with Crippen LogP contribution in [-0.2, 0) is 26.8 Å². The second-order valence-electron chi connectivity index (χ2n) is 7.44. The Balaban J connectivity index is 3.56. The third-order valence-corrected chi connectivity index (χ3v) is 3.40. The summed E-state index contributed by atoms with van der Waals surface area (Å²) in [6.45, 7) is 13.1. The highest BCUT2D eigenvalue weighted by Crippen LogP contribution is 2.40. The molecule has 118 valence electrons. The maximum atomic E-state index is 10.9. The van der Waals surface area contributed by atoms with Gasteiger partial charge in [-0.3, -0.25) is 0 Å². The lowest BCUT2D eigenvalue weighted by atomic mass is 9.78. The predicted molar refractivity (Wildman–Crippen MR) is 86.1 cm³/mol. The van der Waals surface area contributed by atoms with E-state index in [1.54, 1.807) is 7.11 Å². The normalized spacial score (nSPS) is 12.3. The van der Waals surface area contributed by atoms with Crippen LogP contribution in [0.3, 0.4) is 0 Å². The van der Waals surface area contributed by atoms with Crippen molar-refractivity contribution in [1.29, 1.82) is 0 Å². The first-order chi connectivity index (χ1) is 9.61. The molecule has 0 bridgehead atoms. The molecule has 0 spiro atoms. The molecule has 0 fully saturated rings.